The van der Waals surface area contributed by atoms with Crippen molar-refractivity contribution in [2.75, 3.05) is 0 Å². The molecular weight excluding hydrogens is 224 g/mol. The van der Waals surface area contributed by atoms with Crippen molar-refractivity contribution in [3.8, 4) is 0 Å². The summed E-state index contributed by atoms with van der Waals surface area (Å²) in [6.45, 7) is 9.55. The van der Waals surface area contributed by atoms with Crippen molar-refractivity contribution in [2.24, 2.45) is 0 Å². The third-order valence-electron chi connectivity index (χ3n) is 3.78. The number of ether oxygens (including phenoxy) is 1. The lowest BCUT2D eigenvalue weighted by Crippen LogP contribution is -2.34. The fourth-order valence-corrected chi connectivity index (χ4v) is 2.59. The summed E-state index contributed by atoms with van der Waals surface area (Å²) in [4.78, 5) is 11.8. The lowest BCUT2D eigenvalue weighted by molar-refractivity contribution is -0.155. The first-order valence-corrected chi connectivity index (χ1v) is 6.42. The van der Waals surface area contributed by atoms with Gasteiger partial charge in [0.1, 0.15) is 5.60 Å². The number of esters is 1. The van der Waals surface area contributed by atoms with E-state index in [-0.39, 0.29) is 5.97 Å². The normalized spacial score (nSPS) is 26.3. The molecule has 0 spiro atoms. The van der Waals surface area contributed by atoms with E-state index in [1.165, 1.54) is 5.56 Å². The van der Waals surface area contributed by atoms with E-state index in [9.17, 15) is 4.79 Å². The molecule has 0 saturated heterocycles. The number of rotatable bonds is 2. The third-order valence-corrected chi connectivity index (χ3v) is 3.78. The zero-order valence-corrected chi connectivity index (χ0v) is 11.3. The van der Waals surface area contributed by atoms with Crippen LogP contribution < -0.4 is 0 Å². The van der Waals surface area contributed by atoms with Gasteiger partial charge in [-0.25, -0.2) is 4.79 Å². The van der Waals surface area contributed by atoms with E-state index in [4.69, 9.17) is 4.74 Å². The first kappa shape index (κ1) is 12.9. The zero-order valence-electron chi connectivity index (χ0n) is 11.3. The summed E-state index contributed by atoms with van der Waals surface area (Å²) < 4.78 is 5.68. The van der Waals surface area contributed by atoms with Crippen molar-refractivity contribution < 1.29 is 9.53 Å². The molecule has 2 heteroatoms. The number of hydrogen-bond acceptors (Lipinski definition) is 2. The largest absolute Gasteiger partial charge is 0.451 e. The summed E-state index contributed by atoms with van der Waals surface area (Å²) >= 11 is 0. The molecule has 0 fully saturated rings. The molecule has 0 aromatic heterocycles. The number of carbonyl (C=O) groups is 1. The Hall–Kier alpha value is -1.57. The highest BCUT2D eigenvalue weighted by atomic mass is 16.6. The maximum atomic E-state index is 11.8. The molecular formula is C16H20O2. The van der Waals surface area contributed by atoms with E-state index >= 15 is 0 Å². The van der Waals surface area contributed by atoms with Gasteiger partial charge in [-0.3, -0.25) is 0 Å². The second-order valence-electron chi connectivity index (χ2n) is 5.43. The van der Waals surface area contributed by atoms with E-state index in [0.717, 1.165) is 18.4 Å². The van der Waals surface area contributed by atoms with Gasteiger partial charge in [-0.15, -0.1) is 0 Å². The minimum absolute atomic E-state index is 0.304. The Morgan fingerprint density at radius 1 is 1.44 bits per heavy atom. The van der Waals surface area contributed by atoms with Crippen LogP contribution in [0.5, 0.6) is 0 Å². The van der Waals surface area contributed by atoms with Crippen molar-refractivity contribution in [1.82, 2.24) is 0 Å². The number of carbonyl (C=O) groups excluding carboxylic acids is 1. The van der Waals surface area contributed by atoms with Crippen LogP contribution >= 0.6 is 0 Å². The zero-order chi connectivity index (χ0) is 13.3. The Morgan fingerprint density at radius 2 is 2.11 bits per heavy atom. The van der Waals surface area contributed by atoms with Gasteiger partial charge in [0.25, 0.3) is 0 Å². The van der Waals surface area contributed by atoms with Crippen LogP contribution in [0.25, 0.3) is 0 Å². The van der Waals surface area contributed by atoms with Crippen LogP contribution in [-0.2, 0) is 15.1 Å². The summed E-state index contributed by atoms with van der Waals surface area (Å²) in [6.07, 6.45) is 1.90. The van der Waals surface area contributed by atoms with Gasteiger partial charge in [-0.2, -0.15) is 0 Å². The molecule has 2 nitrogen and oxygen atoms in total. The average molecular weight is 244 g/mol. The molecule has 2 unspecified atom stereocenters. The fraction of sp³-hybridized carbons (Fsp3) is 0.438. The lowest BCUT2D eigenvalue weighted by atomic mass is 9.75. The molecule has 96 valence electrons. The molecule has 0 heterocycles. The molecule has 0 aliphatic heterocycles. The Labute approximate surface area is 109 Å². The van der Waals surface area contributed by atoms with Crippen molar-refractivity contribution >= 4 is 5.97 Å². The summed E-state index contributed by atoms with van der Waals surface area (Å²) in [5.74, 6) is 0.222. The minimum Gasteiger partial charge on any atom is -0.451 e. The first-order chi connectivity index (χ1) is 8.44. The molecule has 0 N–H and O–H groups in total. The third kappa shape index (κ3) is 2.20. The molecule has 0 amide bonds. The highest BCUT2D eigenvalue weighted by molar-refractivity contribution is 5.87. The van der Waals surface area contributed by atoms with Gasteiger partial charge >= 0.3 is 5.97 Å². The summed E-state index contributed by atoms with van der Waals surface area (Å²) in [7, 11) is 0. The van der Waals surface area contributed by atoms with Crippen LogP contribution in [-0.4, -0.2) is 5.97 Å². The summed E-state index contributed by atoms with van der Waals surface area (Å²) in [5, 5.41) is 0. The predicted octanol–water partition coefficient (Wildman–Crippen LogP) is 3.92. The van der Waals surface area contributed by atoms with Crippen molar-refractivity contribution in [1.29, 1.82) is 0 Å². The van der Waals surface area contributed by atoms with Crippen LogP contribution in [0.3, 0.4) is 0 Å². The van der Waals surface area contributed by atoms with Gasteiger partial charge in [0, 0.05) is 5.57 Å². The van der Waals surface area contributed by atoms with Crippen LogP contribution in [0, 0.1) is 0 Å². The second kappa shape index (κ2) is 4.60. The molecule has 0 radical (unpaired) electrons. The van der Waals surface area contributed by atoms with Crippen LogP contribution in [0.4, 0.5) is 0 Å². The van der Waals surface area contributed by atoms with Crippen LogP contribution in [0.15, 0.2) is 36.4 Å². The molecule has 2 atom stereocenters. The quantitative estimate of drug-likeness (QED) is 0.582. The number of hydrogen-bond donors (Lipinski definition) is 0. The maximum Gasteiger partial charge on any atom is 0.333 e. The van der Waals surface area contributed by atoms with E-state index < -0.39 is 5.60 Å². The molecule has 2 rings (SSSR count). The fourth-order valence-electron chi connectivity index (χ4n) is 2.59. The number of benzene rings is 1. The SMILES string of the molecule is C=C(C)C(=O)OC1(C)CCC(C)c2ccccc21. The second-order valence-corrected chi connectivity index (χ2v) is 5.43. The van der Waals surface area contributed by atoms with Gasteiger partial charge in [-0.1, -0.05) is 37.8 Å². The first-order valence-electron chi connectivity index (χ1n) is 6.42. The Bertz CT molecular complexity index is 490. The maximum absolute atomic E-state index is 11.8. The Morgan fingerprint density at radius 3 is 2.78 bits per heavy atom. The van der Waals surface area contributed by atoms with E-state index in [1.54, 1.807) is 6.92 Å². The van der Waals surface area contributed by atoms with Crippen molar-refractivity contribution in [2.45, 2.75) is 45.1 Å². The van der Waals surface area contributed by atoms with Crippen molar-refractivity contribution in [3.05, 3.63) is 47.5 Å². The van der Waals surface area contributed by atoms with Gasteiger partial charge in [0.15, 0.2) is 0 Å². The number of fused-ring (bicyclic) bond motifs is 1. The molecule has 1 aliphatic carbocycles. The Kier molecular flexibility index (Phi) is 3.29. The van der Waals surface area contributed by atoms with Crippen LogP contribution in [0.2, 0.25) is 0 Å². The highest BCUT2D eigenvalue weighted by Gasteiger charge is 2.37. The molecule has 0 saturated carbocycles. The van der Waals surface area contributed by atoms with Gasteiger partial charge < -0.3 is 4.74 Å². The molecule has 1 aromatic rings. The van der Waals surface area contributed by atoms with Crippen molar-refractivity contribution in [3.63, 3.8) is 0 Å². The average Bonchev–Trinajstić information content (AvgIpc) is 2.35. The molecule has 18 heavy (non-hydrogen) atoms. The minimum atomic E-state index is -0.515. The van der Waals surface area contributed by atoms with E-state index in [0.29, 0.717) is 11.5 Å². The molecule has 0 bridgehead atoms. The topological polar surface area (TPSA) is 26.3 Å². The van der Waals surface area contributed by atoms with Gasteiger partial charge in [-0.05, 0) is 43.7 Å². The lowest BCUT2D eigenvalue weighted by Gasteiger charge is -2.38. The highest BCUT2D eigenvalue weighted by Crippen LogP contribution is 2.43. The predicted molar refractivity (Wildman–Crippen MR) is 72.3 cm³/mol. The Balaban J connectivity index is 2.38. The van der Waals surface area contributed by atoms with Gasteiger partial charge in [0.05, 0.1) is 0 Å². The monoisotopic (exact) mass is 244 g/mol. The summed E-state index contributed by atoms with van der Waals surface area (Å²) in [5.41, 5.74) is 2.37. The summed E-state index contributed by atoms with van der Waals surface area (Å²) in [6, 6.07) is 8.24. The van der Waals surface area contributed by atoms with E-state index in [2.05, 4.69) is 25.6 Å². The smallest absolute Gasteiger partial charge is 0.333 e. The van der Waals surface area contributed by atoms with E-state index in [1.807, 2.05) is 19.1 Å². The molecule has 1 aliphatic rings. The van der Waals surface area contributed by atoms with Crippen LogP contribution in [0.1, 0.15) is 50.7 Å². The standard InChI is InChI=1S/C16H20O2/c1-11(2)15(17)18-16(4)10-9-12(3)13-7-5-6-8-14(13)16/h5-8,12H,1,9-10H2,2-4H3. The molecule has 1 aromatic carbocycles. The van der Waals surface area contributed by atoms with Gasteiger partial charge in [0.2, 0.25) is 0 Å².